The second-order valence-corrected chi connectivity index (χ2v) is 9.63. The molecule has 0 aliphatic rings. The topological polar surface area (TPSA) is 32.3 Å². The zero-order valence-electron chi connectivity index (χ0n) is 17.8. The van der Waals surface area contributed by atoms with Gasteiger partial charge in [0, 0.05) is 28.5 Å². The maximum absolute atomic E-state index is 12.7. The lowest BCUT2D eigenvalue weighted by molar-refractivity contribution is -0.121. The highest BCUT2D eigenvalue weighted by Gasteiger charge is 2.20. The SMILES string of the molecule is CC(C)CC(CC(=O)NCC(Cc1ccc(Br)cc1Cl)N(C)C)c1ccccc1. The van der Waals surface area contributed by atoms with E-state index in [2.05, 4.69) is 52.1 Å². The molecule has 2 atom stereocenters. The Balaban J connectivity index is 1.98. The Morgan fingerprint density at radius 1 is 1.14 bits per heavy atom. The van der Waals surface area contributed by atoms with E-state index in [0.717, 1.165) is 27.9 Å². The van der Waals surface area contributed by atoms with Gasteiger partial charge in [-0.3, -0.25) is 4.79 Å². The van der Waals surface area contributed by atoms with E-state index in [1.54, 1.807) is 0 Å². The molecule has 2 aromatic rings. The molecule has 2 rings (SSSR count). The quantitative estimate of drug-likeness (QED) is 0.459. The number of hydrogen-bond acceptors (Lipinski definition) is 2. The van der Waals surface area contributed by atoms with E-state index >= 15 is 0 Å². The van der Waals surface area contributed by atoms with Crippen molar-refractivity contribution in [1.29, 1.82) is 0 Å². The summed E-state index contributed by atoms with van der Waals surface area (Å²) >= 11 is 9.84. The summed E-state index contributed by atoms with van der Waals surface area (Å²) in [6.07, 6.45) is 2.30. The molecule has 1 amide bonds. The van der Waals surface area contributed by atoms with Crippen LogP contribution in [0.1, 0.15) is 43.7 Å². The molecule has 0 aromatic heterocycles. The third-order valence-electron chi connectivity index (χ3n) is 5.19. The van der Waals surface area contributed by atoms with Crippen molar-refractivity contribution in [1.82, 2.24) is 10.2 Å². The second kappa shape index (κ2) is 11.7. The fourth-order valence-electron chi connectivity index (χ4n) is 3.54. The standard InChI is InChI=1S/C24H32BrClN2O/c1-17(2)12-20(18-8-6-5-7-9-18)14-24(29)27-16-22(28(3)4)13-19-10-11-21(25)15-23(19)26/h5-11,15,17,20,22H,12-14,16H2,1-4H3,(H,27,29). The summed E-state index contributed by atoms with van der Waals surface area (Å²) in [4.78, 5) is 14.9. The van der Waals surface area contributed by atoms with Gasteiger partial charge in [0.15, 0.2) is 0 Å². The third-order valence-corrected chi connectivity index (χ3v) is 6.04. The minimum Gasteiger partial charge on any atom is -0.355 e. The van der Waals surface area contributed by atoms with E-state index in [9.17, 15) is 4.79 Å². The summed E-state index contributed by atoms with van der Waals surface area (Å²) in [5, 5.41) is 3.90. The van der Waals surface area contributed by atoms with Crippen LogP contribution < -0.4 is 5.32 Å². The van der Waals surface area contributed by atoms with Gasteiger partial charge >= 0.3 is 0 Å². The normalized spacial score (nSPS) is 13.5. The predicted octanol–water partition coefficient (Wildman–Crippen LogP) is 5.91. The van der Waals surface area contributed by atoms with Crippen molar-refractivity contribution >= 4 is 33.4 Å². The first kappa shape index (κ1) is 23.9. The number of rotatable bonds is 10. The fraction of sp³-hybridized carbons (Fsp3) is 0.458. The van der Waals surface area contributed by atoms with E-state index in [0.29, 0.717) is 18.9 Å². The van der Waals surface area contributed by atoms with Crippen LogP contribution in [0.2, 0.25) is 5.02 Å². The van der Waals surface area contributed by atoms with Gasteiger partial charge in [0.1, 0.15) is 0 Å². The molecule has 0 saturated heterocycles. The number of hydrogen-bond donors (Lipinski definition) is 1. The van der Waals surface area contributed by atoms with Crippen LogP contribution in [0.3, 0.4) is 0 Å². The van der Waals surface area contributed by atoms with Crippen molar-refractivity contribution < 1.29 is 4.79 Å². The smallest absolute Gasteiger partial charge is 0.220 e. The summed E-state index contributed by atoms with van der Waals surface area (Å²) in [7, 11) is 4.07. The van der Waals surface area contributed by atoms with Crippen molar-refractivity contribution in [3.8, 4) is 0 Å². The molecule has 0 aliphatic heterocycles. The first-order chi connectivity index (χ1) is 13.8. The van der Waals surface area contributed by atoms with Crippen LogP contribution in [0.5, 0.6) is 0 Å². The average Bonchev–Trinajstić information content (AvgIpc) is 2.66. The van der Waals surface area contributed by atoms with E-state index < -0.39 is 0 Å². The Morgan fingerprint density at radius 3 is 2.41 bits per heavy atom. The lowest BCUT2D eigenvalue weighted by atomic mass is 9.87. The number of amides is 1. The zero-order valence-corrected chi connectivity index (χ0v) is 20.1. The van der Waals surface area contributed by atoms with E-state index in [1.165, 1.54) is 5.56 Å². The number of nitrogens with zero attached hydrogens (tertiary/aromatic N) is 1. The van der Waals surface area contributed by atoms with Crippen molar-refractivity contribution in [2.75, 3.05) is 20.6 Å². The molecule has 0 bridgehead atoms. The molecule has 5 heteroatoms. The van der Waals surface area contributed by atoms with Gasteiger partial charge in [-0.25, -0.2) is 0 Å². The number of likely N-dealkylation sites (N-methyl/N-ethyl adjacent to an activating group) is 1. The van der Waals surface area contributed by atoms with Crippen molar-refractivity contribution in [2.45, 2.75) is 45.1 Å². The van der Waals surface area contributed by atoms with Crippen LogP contribution in [0.4, 0.5) is 0 Å². The summed E-state index contributed by atoms with van der Waals surface area (Å²) in [6, 6.07) is 16.5. The number of benzene rings is 2. The van der Waals surface area contributed by atoms with Gasteiger partial charge in [0.05, 0.1) is 0 Å². The fourth-order valence-corrected chi connectivity index (χ4v) is 4.29. The summed E-state index contributed by atoms with van der Waals surface area (Å²) in [5.41, 5.74) is 2.33. The second-order valence-electron chi connectivity index (χ2n) is 8.30. The van der Waals surface area contributed by atoms with E-state index in [4.69, 9.17) is 11.6 Å². The molecule has 2 unspecified atom stereocenters. The van der Waals surface area contributed by atoms with E-state index in [-0.39, 0.29) is 17.9 Å². The lowest BCUT2D eigenvalue weighted by Crippen LogP contribution is -2.42. The highest BCUT2D eigenvalue weighted by Crippen LogP contribution is 2.27. The molecule has 158 valence electrons. The largest absolute Gasteiger partial charge is 0.355 e. The minimum atomic E-state index is 0.105. The number of halogens is 2. The van der Waals surface area contributed by atoms with Crippen molar-refractivity contribution in [3.05, 3.63) is 69.2 Å². The van der Waals surface area contributed by atoms with E-state index in [1.807, 2.05) is 50.5 Å². The van der Waals surface area contributed by atoms with Gasteiger partial charge in [0.25, 0.3) is 0 Å². The Labute approximate surface area is 189 Å². The first-order valence-electron chi connectivity index (χ1n) is 10.2. The first-order valence-corrected chi connectivity index (χ1v) is 11.3. The molecule has 0 radical (unpaired) electrons. The lowest BCUT2D eigenvalue weighted by Gasteiger charge is -2.26. The average molecular weight is 480 g/mol. The Kier molecular flexibility index (Phi) is 9.67. The number of carbonyl (C=O) groups is 1. The van der Waals surface area contributed by atoms with Gasteiger partial charge in [-0.15, -0.1) is 0 Å². The van der Waals surface area contributed by atoms with Gasteiger partial charge in [-0.2, -0.15) is 0 Å². The van der Waals surface area contributed by atoms with Gasteiger partial charge in [-0.05, 0) is 62.0 Å². The maximum Gasteiger partial charge on any atom is 0.220 e. The monoisotopic (exact) mass is 478 g/mol. The van der Waals surface area contributed by atoms with Crippen LogP contribution in [0, 0.1) is 5.92 Å². The molecule has 2 aromatic carbocycles. The molecule has 0 fully saturated rings. The van der Waals surface area contributed by atoms with Crippen LogP contribution >= 0.6 is 27.5 Å². The number of carbonyl (C=O) groups excluding carboxylic acids is 1. The summed E-state index contributed by atoms with van der Waals surface area (Å²) in [6.45, 7) is 5.01. The van der Waals surface area contributed by atoms with Crippen molar-refractivity contribution in [2.24, 2.45) is 5.92 Å². The highest BCUT2D eigenvalue weighted by atomic mass is 79.9. The van der Waals surface area contributed by atoms with Crippen LogP contribution in [0.15, 0.2) is 53.0 Å². The molecule has 0 heterocycles. The minimum absolute atomic E-state index is 0.105. The van der Waals surface area contributed by atoms with Crippen LogP contribution in [0.25, 0.3) is 0 Å². The molecular weight excluding hydrogens is 448 g/mol. The summed E-state index contributed by atoms with van der Waals surface area (Å²) < 4.78 is 0.970. The molecule has 0 saturated carbocycles. The molecule has 0 spiro atoms. The highest BCUT2D eigenvalue weighted by molar-refractivity contribution is 9.10. The third kappa shape index (κ3) is 8.12. The molecule has 1 N–H and O–H groups in total. The van der Waals surface area contributed by atoms with Gasteiger partial charge in [0.2, 0.25) is 5.91 Å². The molecular formula is C24H32BrClN2O. The van der Waals surface area contributed by atoms with Gasteiger partial charge in [-0.1, -0.05) is 77.8 Å². The zero-order chi connectivity index (χ0) is 21.4. The van der Waals surface area contributed by atoms with Crippen LogP contribution in [-0.2, 0) is 11.2 Å². The Morgan fingerprint density at radius 2 is 1.83 bits per heavy atom. The van der Waals surface area contributed by atoms with Crippen molar-refractivity contribution in [3.63, 3.8) is 0 Å². The van der Waals surface area contributed by atoms with Gasteiger partial charge < -0.3 is 10.2 Å². The number of nitrogens with one attached hydrogen (secondary N) is 1. The Bertz CT molecular complexity index is 780. The summed E-state index contributed by atoms with van der Waals surface area (Å²) in [5.74, 6) is 0.894. The molecule has 0 aliphatic carbocycles. The van der Waals surface area contributed by atoms with Crippen LogP contribution in [-0.4, -0.2) is 37.5 Å². The maximum atomic E-state index is 12.7. The Hall–Kier alpha value is -1.36. The molecule has 29 heavy (non-hydrogen) atoms. The predicted molar refractivity (Wildman–Crippen MR) is 127 cm³/mol. The molecule has 3 nitrogen and oxygen atoms in total.